The van der Waals surface area contributed by atoms with Crippen LogP contribution in [-0.2, 0) is 6.54 Å². The first-order valence-electron chi connectivity index (χ1n) is 8.73. The molecule has 4 aromatic rings. The summed E-state index contributed by atoms with van der Waals surface area (Å²) < 4.78 is 7.94. The third-order valence-corrected chi connectivity index (χ3v) is 5.95. The van der Waals surface area contributed by atoms with Crippen LogP contribution in [0.2, 0.25) is 5.02 Å². The SMILES string of the molecule is Cc1cc(C)n(CCN(C(=O)c2ccno2)c2nc3c(C)c(Cl)ccc3s2)n1. The van der Waals surface area contributed by atoms with Gasteiger partial charge in [-0.15, -0.1) is 0 Å². The molecule has 1 aromatic carbocycles. The predicted molar refractivity (Wildman–Crippen MR) is 109 cm³/mol. The zero-order chi connectivity index (χ0) is 19.8. The first kappa shape index (κ1) is 18.6. The van der Waals surface area contributed by atoms with Crippen molar-refractivity contribution in [2.75, 3.05) is 11.4 Å². The van der Waals surface area contributed by atoms with E-state index in [0.717, 1.165) is 27.2 Å². The van der Waals surface area contributed by atoms with Crippen molar-refractivity contribution >= 4 is 44.2 Å². The molecule has 144 valence electrons. The number of thiazole rings is 1. The molecule has 0 N–H and O–H groups in total. The van der Waals surface area contributed by atoms with Crippen LogP contribution in [0.5, 0.6) is 0 Å². The Bertz CT molecular complexity index is 1150. The monoisotopic (exact) mass is 415 g/mol. The lowest BCUT2D eigenvalue weighted by molar-refractivity contribution is 0.0950. The van der Waals surface area contributed by atoms with Crippen LogP contribution >= 0.6 is 22.9 Å². The van der Waals surface area contributed by atoms with Crippen molar-refractivity contribution in [3.63, 3.8) is 0 Å². The molecule has 0 saturated carbocycles. The molecule has 3 aromatic heterocycles. The largest absolute Gasteiger partial charge is 0.351 e. The Kier molecular flexibility index (Phi) is 4.91. The number of hydrogen-bond acceptors (Lipinski definition) is 6. The Morgan fingerprint density at radius 3 is 2.79 bits per heavy atom. The van der Waals surface area contributed by atoms with Gasteiger partial charge in [0.2, 0.25) is 5.76 Å². The maximum Gasteiger partial charge on any atom is 0.298 e. The Balaban J connectivity index is 1.71. The zero-order valence-electron chi connectivity index (χ0n) is 15.6. The quantitative estimate of drug-likeness (QED) is 0.482. The van der Waals surface area contributed by atoms with Gasteiger partial charge < -0.3 is 4.52 Å². The summed E-state index contributed by atoms with van der Waals surface area (Å²) in [4.78, 5) is 19.3. The molecule has 4 rings (SSSR count). The van der Waals surface area contributed by atoms with E-state index in [-0.39, 0.29) is 11.7 Å². The second-order valence-corrected chi connectivity index (χ2v) is 7.92. The lowest BCUT2D eigenvalue weighted by Gasteiger charge is -2.18. The summed E-state index contributed by atoms with van der Waals surface area (Å²) in [5.74, 6) is -0.121. The van der Waals surface area contributed by atoms with Crippen molar-refractivity contribution in [3.8, 4) is 0 Å². The number of hydrogen-bond donors (Lipinski definition) is 0. The number of nitrogens with zero attached hydrogens (tertiary/aromatic N) is 5. The van der Waals surface area contributed by atoms with Gasteiger partial charge in [-0.2, -0.15) is 5.10 Å². The maximum absolute atomic E-state index is 13.0. The summed E-state index contributed by atoms with van der Waals surface area (Å²) in [7, 11) is 0. The van der Waals surface area contributed by atoms with Gasteiger partial charge in [0.15, 0.2) is 5.13 Å². The van der Waals surface area contributed by atoms with Crippen molar-refractivity contribution in [1.82, 2.24) is 19.9 Å². The smallest absolute Gasteiger partial charge is 0.298 e. The van der Waals surface area contributed by atoms with E-state index in [0.29, 0.717) is 23.2 Å². The number of halogens is 1. The molecule has 1 amide bonds. The summed E-state index contributed by atoms with van der Waals surface area (Å²) in [5.41, 5.74) is 3.67. The molecule has 0 aliphatic carbocycles. The van der Waals surface area contributed by atoms with Gasteiger partial charge in [0, 0.05) is 23.3 Å². The Labute approximate surface area is 170 Å². The van der Waals surface area contributed by atoms with Gasteiger partial charge in [0.1, 0.15) is 0 Å². The molecular weight excluding hydrogens is 398 g/mol. The summed E-state index contributed by atoms with van der Waals surface area (Å²) in [6.45, 7) is 6.79. The van der Waals surface area contributed by atoms with Gasteiger partial charge in [-0.1, -0.05) is 28.1 Å². The molecule has 3 heterocycles. The van der Waals surface area contributed by atoms with Crippen molar-refractivity contribution < 1.29 is 9.32 Å². The molecule has 0 aliphatic heterocycles. The maximum atomic E-state index is 13.0. The van der Waals surface area contributed by atoms with Crippen LogP contribution in [0.15, 0.2) is 35.0 Å². The predicted octanol–water partition coefficient (Wildman–Crippen LogP) is 4.41. The number of anilines is 1. The third kappa shape index (κ3) is 3.41. The molecule has 0 spiro atoms. The minimum absolute atomic E-state index is 0.169. The van der Waals surface area contributed by atoms with Crippen LogP contribution in [0.1, 0.15) is 27.5 Å². The standard InChI is InChI=1S/C19H18ClN5O2S/c1-11-10-12(2)25(23-11)9-8-24(18(26)15-6-7-21-27-15)19-22-17-13(3)14(20)4-5-16(17)28-19/h4-7,10H,8-9H2,1-3H3. The van der Waals surface area contributed by atoms with Gasteiger partial charge >= 0.3 is 0 Å². The molecule has 0 aliphatic rings. The van der Waals surface area contributed by atoms with Crippen LogP contribution in [0.25, 0.3) is 10.2 Å². The van der Waals surface area contributed by atoms with Crippen LogP contribution in [0.3, 0.4) is 0 Å². The van der Waals surface area contributed by atoms with E-state index in [1.807, 2.05) is 43.7 Å². The first-order valence-corrected chi connectivity index (χ1v) is 9.92. The summed E-state index contributed by atoms with van der Waals surface area (Å²) in [6.07, 6.45) is 1.45. The van der Waals surface area contributed by atoms with Crippen LogP contribution in [0, 0.1) is 20.8 Å². The minimum Gasteiger partial charge on any atom is -0.351 e. The third-order valence-electron chi connectivity index (χ3n) is 4.50. The second-order valence-electron chi connectivity index (χ2n) is 6.50. The second kappa shape index (κ2) is 7.37. The Hall–Kier alpha value is -2.71. The topological polar surface area (TPSA) is 77.0 Å². The normalized spacial score (nSPS) is 11.3. The van der Waals surface area contributed by atoms with E-state index < -0.39 is 0 Å². The lowest BCUT2D eigenvalue weighted by atomic mass is 10.2. The highest BCUT2D eigenvalue weighted by atomic mass is 35.5. The van der Waals surface area contributed by atoms with Crippen molar-refractivity contribution in [2.45, 2.75) is 27.3 Å². The molecule has 28 heavy (non-hydrogen) atoms. The number of rotatable bonds is 5. The average Bonchev–Trinajstić information content (AvgIpc) is 3.39. The van der Waals surface area contributed by atoms with E-state index in [4.69, 9.17) is 21.1 Å². The molecule has 0 unspecified atom stereocenters. The molecule has 0 fully saturated rings. The fourth-order valence-corrected chi connectivity index (χ4v) is 4.25. The van der Waals surface area contributed by atoms with Gasteiger partial charge in [-0.3, -0.25) is 14.4 Å². The minimum atomic E-state index is -0.290. The summed E-state index contributed by atoms with van der Waals surface area (Å²) in [5, 5.41) is 9.36. The number of fused-ring (bicyclic) bond motifs is 1. The van der Waals surface area contributed by atoms with E-state index in [1.54, 1.807) is 11.0 Å². The summed E-state index contributed by atoms with van der Waals surface area (Å²) in [6, 6.07) is 7.32. The highest BCUT2D eigenvalue weighted by Gasteiger charge is 2.24. The Morgan fingerprint density at radius 2 is 2.11 bits per heavy atom. The fourth-order valence-electron chi connectivity index (χ4n) is 3.04. The van der Waals surface area contributed by atoms with Gasteiger partial charge in [-0.05, 0) is 44.5 Å². The first-order chi connectivity index (χ1) is 13.4. The lowest BCUT2D eigenvalue weighted by Crippen LogP contribution is -2.34. The number of amides is 1. The Morgan fingerprint density at radius 1 is 1.29 bits per heavy atom. The number of carbonyl (C=O) groups excluding carboxylic acids is 1. The van der Waals surface area contributed by atoms with Crippen molar-refractivity contribution in [2.24, 2.45) is 0 Å². The zero-order valence-corrected chi connectivity index (χ0v) is 17.2. The van der Waals surface area contributed by atoms with Crippen LogP contribution < -0.4 is 4.90 Å². The van der Waals surface area contributed by atoms with Gasteiger partial charge in [0.05, 0.1) is 28.7 Å². The van der Waals surface area contributed by atoms with Crippen LogP contribution in [-0.4, -0.2) is 32.4 Å². The molecule has 0 bridgehead atoms. The number of aryl methyl sites for hydroxylation is 3. The highest BCUT2D eigenvalue weighted by molar-refractivity contribution is 7.22. The average molecular weight is 416 g/mol. The molecule has 0 saturated heterocycles. The van der Waals surface area contributed by atoms with Gasteiger partial charge in [0.25, 0.3) is 5.91 Å². The molecule has 9 heteroatoms. The van der Waals surface area contributed by atoms with E-state index in [1.165, 1.54) is 17.5 Å². The van der Waals surface area contributed by atoms with Crippen molar-refractivity contribution in [1.29, 1.82) is 0 Å². The molecular formula is C19H18ClN5O2S. The molecule has 7 nitrogen and oxygen atoms in total. The van der Waals surface area contributed by atoms with E-state index in [2.05, 4.69) is 10.3 Å². The van der Waals surface area contributed by atoms with Crippen molar-refractivity contribution in [3.05, 3.63) is 58.2 Å². The highest BCUT2D eigenvalue weighted by Crippen LogP contribution is 2.34. The molecule has 0 radical (unpaired) electrons. The number of benzene rings is 1. The fraction of sp³-hybridized carbons (Fsp3) is 0.263. The van der Waals surface area contributed by atoms with E-state index >= 15 is 0 Å². The molecule has 0 atom stereocenters. The van der Waals surface area contributed by atoms with Crippen LogP contribution in [0.4, 0.5) is 5.13 Å². The summed E-state index contributed by atoms with van der Waals surface area (Å²) >= 11 is 7.67. The van der Waals surface area contributed by atoms with Gasteiger partial charge in [-0.25, -0.2) is 4.98 Å². The van der Waals surface area contributed by atoms with E-state index in [9.17, 15) is 4.79 Å². The number of aromatic nitrogens is 4. The number of carbonyl (C=O) groups is 1.